The van der Waals surface area contributed by atoms with E-state index in [2.05, 4.69) is 19.2 Å². The standard InChI is InChI=1S/C15H16N2O/c1-10-7-8-12(9-11(10)2)17-14-6-4-3-5-13(14)15(16)18/h3-9,17H,1-2H3,(H2,16,18). The molecule has 0 spiro atoms. The summed E-state index contributed by atoms with van der Waals surface area (Å²) in [6.07, 6.45) is 0. The van der Waals surface area contributed by atoms with Crippen LogP contribution in [0.2, 0.25) is 0 Å². The Bertz CT molecular complexity index is 591. The molecule has 0 saturated heterocycles. The summed E-state index contributed by atoms with van der Waals surface area (Å²) >= 11 is 0. The number of rotatable bonds is 3. The van der Waals surface area contributed by atoms with Crippen molar-refractivity contribution in [3.8, 4) is 0 Å². The number of carbonyl (C=O) groups is 1. The molecule has 0 aliphatic heterocycles. The monoisotopic (exact) mass is 240 g/mol. The van der Waals surface area contributed by atoms with E-state index in [0.29, 0.717) is 5.56 Å². The summed E-state index contributed by atoms with van der Waals surface area (Å²) in [5, 5.41) is 3.22. The highest BCUT2D eigenvalue weighted by atomic mass is 16.1. The van der Waals surface area contributed by atoms with Gasteiger partial charge in [-0.2, -0.15) is 0 Å². The first-order valence-corrected chi connectivity index (χ1v) is 5.81. The third-order valence-corrected chi connectivity index (χ3v) is 2.98. The molecule has 92 valence electrons. The van der Waals surface area contributed by atoms with Gasteiger partial charge in [0, 0.05) is 5.69 Å². The van der Waals surface area contributed by atoms with Gasteiger partial charge in [-0.3, -0.25) is 4.79 Å². The van der Waals surface area contributed by atoms with Crippen molar-refractivity contribution in [2.45, 2.75) is 13.8 Å². The fraction of sp³-hybridized carbons (Fsp3) is 0.133. The molecule has 0 heterocycles. The molecule has 1 amide bonds. The fourth-order valence-electron chi connectivity index (χ4n) is 1.78. The van der Waals surface area contributed by atoms with Crippen LogP contribution in [0.25, 0.3) is 0 Å². The van der Waals surface area contributed by atoms with Crippen molar-refractivity contribution >= 4 is 17.3 Å². The Hall–Kier alpha value is -2.29. The first kappa shape index (κ1) is 12.2. The summed E-state index contributed by atoms with van der Waals surface area (Å²) in [6.45, 7) is 4.12. The van der Waals surface area contributed by atoms with Gasteiger partial charge in [0.15, 0.2) is 0 Å². The number of nitrogens with one attached hydrogen (secondary N) is 1. The summed E-state index contributed by atoms with van der Waals surface area (Å²) in [7, 11) is 0. The van der Waals surface area contributed by atoms with Crippen molar-refractivity contribution in [2.24, 2.45) is 5.73 Å². The molecule has 0 unspecified atom stereocenters. The van der Waals surface area contributed by atoms with Gasteiger partial charge < -0.3 is 11.1 Å². The van der Waals surface area contributed by atoms with Crippen molar-refractivity contribution in [3.63, 3.8) is 0 Å². The SMILES string of the molecule is Cc1ccc(Nc2ccccc2C(N)=O)cc1C. The minimum absolute atomic E-state index is 0.429. The lowest BCUT2D eigenvalue weighted by molar-refractivity contribution is 0.100. The molecule has 2 aromatic rings. The molecule has 0 aliphatic carbocycles. The highest BCUT2D eigenvalue weighted by Crippen LogP contribution is 2.22. The van der Waals surface area contributed by atoms with Gasteiger partial charge in [-0.25, -0.2) is 0 Å². The van der Waals surface area contributed by atoms with Crippen LogP contribution in [0.4, 0.5) is 11.4 Å². The normalized spacial score (nSPS) is 10.1. The largest absolute Gasteiger partial charge is 0.366 e. The zero-order valence-corrected chi connectivity index (χ0v) is 10.5. The van der Waals surface area contributed by atoms with Crippen molar-refractivity contribution < 1.29 is 4.79 Å². The van der Waals surface area contributed by atoms with Crippen LogP contribution in [-0.4, -0.2) is 5.91 Å². The highest BCUT2D eigenvalue weighted by Gasteiger charge is 2.07. The van der Waals surface area contributed by atoms with Gasteiger partial charge in [0.2, 0.25) is 0 Å². The van der Waals surface area contributed by atoms with Crippen LogP contribution in [0.5, 0.6) is 0 Å². The van der Waals surface area contributed by atoms with E-state index in [1.54, 1.807) is 12.1 Å². The quantitative estimate of drug-likeness (QED) is 0.865. The number of benzene rings is 2. The molecule has 0 fully saturated rings. The Morgan fingerprint density at radius 3 is 2.44 bits per heavy atom. The van der Waals surface area contributed by atoms with Gasteiger partial charge in [-0.05, 0) is 49.2 Å². The Morgan fingerprint density at radius 2 is 1.78 bits per heavy atom. The van der Waals surface area contributed by atoms with Crippen LogP contribution in [0.1, 0.15) is 21.5 Å². The topological polar surface area (TPSA) is 55.1 Å². The summed E-state index contributed by atoms with van der Waals surface area (Å²) in [5.74, 6) is -0.429. The number of hydrogen-bond acceptors (Lipinski definition) is 2. The Balaban J connectivity index is 2.34. The predicted octanol–water partition coefficient (Wildman–Crippen LogP) is 3.15. The molecule has 0 saturated carbocycles. The maximum atomic E-state index is 11.3. The number of para-hydroxylation sites is 1. The van der Waals surface area contributed by atoms with E-state index in [9.17, 15) is 4.79 Å². The first-order chi connectivity index (χ1) is 8.58. The van der Waals surface area contributed by atoms with E-state index >= 15 is 0 Å². The molecule has 0 aliphatic rings. The lowest BCUT2D eigenvalue weighted by atomic mass is 10.1. The van der Waals surface area contributed by atoms with Gasteiger partial charge >= 0.3 is 0 Å². The Kier molecular flexibility index (Phi) is 3.33. The molecule has 3 heteroatoms. The molecule has 18 heavy (non-hydrogen) atoms. The highest BCUT2D eigenvalue weighted by molar-refractivity contribution is 5.99. The van der Waals surface area contributed by atoms with Gasteiger partial charge in [0.1, 0.15) is 0 Å². The van der Waals surface area contributed by atoms with Crippen LogP contribution in [0.15, 0.2) is 42.5 Å². The second kappa shape index (κ2) is 4.92. The summed E-state index contributed by atoms with van der Waals surface area (Å²) in [5.41, 5.74) is 9.96. The van der Waals surface area contributed by atoms with Crippen molar-refractivity contribution in [1.29, 1.82) is 0 Å². The molecule has 2 rings (SSSR count). The summed E-state index contributed by atoms with van der Waals surface area (Å²) in [6, 6.07) is 13.3. The van der Waals surface area contributed by atoms with Gasteiger partial charge in [-0.1, -0.05) is 18.2 Å². The number of anilines is 2. The molecule has 0 atom stereocenters. The maximum absolute atomic E-state index is 11.3. The van der Waals surface area contributed by atoms with Gasteiger partial charge in [0.25, 0.3) is 5.91 Å². The van der Waals surface area contributed by atoms with Crippen molar-refractivity contribution in [3.05, 3.63) is 59.2 Å². The summed E-state index contributed by atoms with van der Waals surface area (Å²) in [4.78, 5) is 11.3. The fourth-order valence-corrected chi connectivity index (χ4v) is 1.78. The van der Waals surface area contributed by atoms with E-state index in [4.69, 9.17) is 5.73 Å². The lowest BCUT2D eigenvalue weighted by Crippen LogP contribution is -2.13. The third-order valence-electron chi connectivity index (χ3n) is 2.98. The molecular weight excluding hydrogens is 224 g/mol. The van der Waals surface area contributed by atoms with Crippen LogP contribution < -0.4 is 11.1 Å². The second-order valence-electron chi connectivity index (χ2n) is 4.33. The zero-order valence-electron chi connectivity index (χ0n) is 10.5. The molecule has 0 bridgehead atoms. The number of nitrogens with two attached hydrogens (primary N) is 1. The van der Waals surface area contributed by atoms with Crippen LogP contribution >= 0.6 is 0 Å². The average molecular weight is 240 g/mol. The molecular formula is C15H16N2O. The second-order valence-corrected chi connectivity index (χ2v) is 4.33. The number of primary amides is 1. The molecule has 0 radical (unpaired) electrons. The molecule has 3 N–H and O–H groups in total. The summed E-state index contributed by atoms with van der Waals surface area (Å²) < 4.78 is 0. The van der Waals surface area contributed by atoms with Crippen molar-refractivity contribution in [2.75, 3.05) is 5.32 Å². The van der Waals surface area contributed by atoms with E-state index < -0.39 is 5.91 Å². The third kappa shape index (κ3) is 2.51. The number of hydrogen-bond donors (Lipinski definition) is 2. The van der Waals surface area contributed by atoms with Gasteiger partial charge in [0.05, 0.1) is 11.3 Å². The van der Waals surface area contributed by atoms with Crippen molar-refractivity contribution in [1.82, 2.24) is 0 Å². The van der Waals surface area contributed by atoms with Gasteiger partial charge in [-0.15, -0.1) is 0 Å². The van der Waals surface area contributed by atoms with Crippen LogP contribution in [0, 0.1) is 13.8 Å². The Morgan fingerprint density at radius 1 is 1.06 bits per heavy atom. The minimum atomic E-state index is -0.429. The number of aryl methyl sites for hydroxylation is 2. The first-order valence-electron chi connectivity index (χ1n) is 5.81. The van der Waals surface area contributed by atoms with E-state index in [-0.39, 0.29) is 0 Å². The van der Waals surface area contributed by atoms with E-state index in [1.165, 1.54) is 11.1 Å². The average Bonchev–Trinajstić information content (AvgIpc) is 2.34. The minimum Gasteiger partial charge on any atom is -0.366 e. The molecule has 3 nitrogen and oxygen atoms in total. The maximum Gasteiger partial charge on any atom is 0.250 e. The molecule has 2 aromatic carbocycles. The van der Waals surface area contributed by atoms with Crippen LogP contribution in [0.3, 0.4) is 0 Å². The van der Waals surface area contributed by atoms with E-state index in [0.717, 1.165) is 11.4 Å². The number of amides is 1. The lowest BCUT2D eigenvalue weighted by Gasteiger charge is -2.11. The Labute approximate surface area is 107 Å². The zero-order chi connectivity index (χ0) is 13.1. The smallest absolute Gasteiger partial charge is 0.250 e. The number of carbonyl (C=O) groups excluding carboxylic acids is 1. The predicted molar refractivity (Wildman–Crippen MR) is 74.2 cm³/mol. The van der Waals surface area contributed by atoms with Crippen LogP contribution in [-0.2, 0) is 0 Å². The van der Waals surface area contributed by atoms with E-state index in [1.807, 2.05) is 30.3 Å². The molecule has 0 aromatic heterocycles.